The van der Waals surface area contributed by atoms with E-state index >= 15 is 0 Å². The molecule has 0 saturated heterocycles. The van der Waals surface area contributed by atoms with Gasteiger partial charge in [-0.3, -0.25) is 0 Å². The van der Waals surface area contributed by atoms with Gasteiger partial charge in [0.15, 0.2) is 0 Å². The fourth-order valence-electron chi connectivity index (χ4n) is 3.09. The summed E-state index contributed by atoms with van der Waals surface area (Å²) in [6.07, 6.45) is 15.1. The normalized spacial score (nSPS) is 22.9. The van der Waals surface area contributed by atoms with E-state index in [0.717, 1.165) is 11.6 Å². The number of hydrogen-bond donors (Lipinski definition) is 0. The first-order valence-electron chi connectivity index (χ1n) is 7.79. The number of halogens is 1. The molecule has 1 heterocycles. The molecule has 0 radical (unpaired) electrons. The highest BCUT2D eigenvalue weighted by Crippen LogP contribution is 2.61. The lowest BCUT2D eigenvalue weighted by Crippen LogP contribution is -2.25. The third-order valence-electron chi connectivity index (χ3n) is 4.27. The number of hydrogen-bond acceptors (Lipinski definition) is 0. The van der Waals surface area contributed by atoms with Gasteiger partial charge in [0.05, 0.1) is 11.4 Å². The van der Waals surface area contributed by atoms with Gasteiger partial charge in [0.1, 0.15) is 0 Å². The lowest BCUT2D eigenvalue weighted by molar-refractivity contribution is 0.356. The summed E-state index contributed by atoms with van der Waals surface area (Å²) in [5, 5.41) is 0. The van der Waals surface area contributed by atoms with Gasteiger partial charge in [0.25, 0.3) is 0 Å². The Bertz CT molecular complexity index is 618. The average molecular weight is 425 g/mol. The zero-order chi connectivity index (χ0) is 16.3. The first kappa shape index (κ1) is 17.7. The molecule has 1 aromatic rings. The summed E-state index contributed by atoms with van der Waals surface area (Å²) >= 11 is 2.69. The van der Waals surface area contributed by atoms with E-state index in [4.69, 9.17) is 0 Å². The van der Waals surface area contributed by atoms with Crippen LogP contribution in [0.1, 0.15) is 49.2 Å². The van der Waals surface area contributed by atoms with Crippen LogP contribution in [0.3, 0.4) is 0 Å². The van der Waals surface area contributed by atoms with E-state index in [-0.39, 0.29) is 5.71 Å². The van der Waals surface area contributed by atoms with Crippen molar-refractivity contribution in [3.63, 3.8) is 0 Å². The van der Waals surface area contributed by atoms with Crippen LogP contribution in [-0.2, 0) is 0 Å². The van der Waals surface area contributed by atoms with Crippen molar-refractivity contribution < 1.29 is 0 Å². The molecule has 1 aromatic heterocycles. The number of nitrogens with zero attached hydrogens (tertiary/aromatic N) is 1. The summed E-state index contributed by atoms with van der Waals surface area (Å²) < 4.78 is 2.56. The van der Waals surface area contributed by atoms with Crippen LogP contribution in [0.2, 0.25) is 0 Å². The van der Waals surface area contributed by atoms with E-state index in [0.29, 0.717) is 0 Å². The van der Waals surface area contributed by atoms with Crippen molar-refractivity contribution in [2.75, 3.05) is 0 Å². The van der Waals surface area contributed by atoms with Gasteiger partial charge in [0.2, 0.25) is 0 Å². The Morgan fingerprint density at radius 3 is 2.41 bits per heavy atom. The molecule has 0 aliphatic heterocycles. The Hall–Kier alpha value is -0.600. The van der Waals surface area contributed by atoms with Gasteiger partial charge in [-0.15, -0.1) is 0 Å². The smallest absolute Gasteiger partial charge is 0.0650 e. The van der Waals surface area contributed by atoms with Crippen LogP contribution in [0.15, 0.2) is 31.4 Å². The van der Waals surface area contributed by atoms with Crippen LogP contribution in [0.5, 0.6) is 0 Å². The molecule has 1 aliphatic rings. The lowest BCUT2D eigenvalue weighted by Gasteiger charge is -2.37. The summed E-state index contributed by atoms with van der Waals surface area (Å²) in [6.45, 7) is 14.5. The van der Waals surface area contributed by atoms with Crippen molar-refractivity contribution in [3.05, 3.63) is 53.9 Å². The highest BCUT2D eigenvalue weighted by molar-refractivity contribution is 14.2. The molecule has 3 heteroatoms. The topological polar surface area (TPSA) is 4.93 Å². The Kier molecular flexibility index (Phi) is 6.28. The maximum atomic E-state index is 4.05. The summed E-state index contributed by atoms with van der Waals surface area (Å²) in [5.41, 5.74) is 5.80. The van der Waals surface area contributed by atoms with Gasteiger partial charge in [-0.25, -0.2) is 0 Å². The number of allylic oxidation sites excluding steroid dienone is 3. The summed E-state index contributed by atoms with van der Waals surface area (Å²) in [6, 6.07) is 0. The molecule has 1 aliphatic carbocycles. The van der Waals surface area contributed by atoms with E-state index in [1.165, 1.54) is 35.4 Å². The molecule has 0 bridgehead atoms. The second-order valence-corrected chi connectivity index (χ2v) is 10.6. The summed E-state index contributed by atoms with van der Waals surface area (Å²) in [5.74, 6) is 0.893. The van der Waals surface area contributed by atoms with Crippen molar-refractivity contribution >= 4 is 46.0 Å². The molecule has 0 N–H and O–H groups in total. The van der Waals surface area contributed by atoms with Crippen molar-refractivity contribution in [2.45, 2.75) is 39.3 Å². The molecule has 1 fully saturated rings. The molecule has 22 heavy (non-hydrogen) atoms. The van der Waals surface area contributed by atoms with Crippen LogP contribution in [0, 0.1) is 12.8 Å². The van der Waals surface area contributed by atoms with Crippen molar-refractivity contribution in [1.29, 1.82) is 0 Å². The van der Waals surface area contributed by atoms with Gasteiger partial charge in [-0.05, 0) is 60.7 Å². The van der Waals surface area contributed by atoms with Crippen LogP contribution < -0.4 is 0 Å². The first-order valence-corrected chi connectivity index (χ1v) is 11.9. The minimum atomic E-state index is -0.218. The molecule has 1 saturated carbocycles. The molecule has 1 unspecified atom stereocenters. The van der Waals surface area contributed by atoms with Crippen LogP contribution in [-0.4, -0.2) is 10.00 Å². The Labute approximate surface area is 149 Å². The Morgan fingerprint density at radius 1 is 1.23 bits per heavy atom. The predicted octanol–water partition coefficient (Wildman–Crippen LogP) is 7.07. The van der Waals surface area contributed by atoms with Crippen LogP contribution in [0.25, 0.3) is 18.2 Å². The predicted molar refractivity (Wildman–Crippen MR) is 112 cm³/mol. The molecule has 1 nitrogen and oxygen atoms in total. The maximum absolute atomic E-state index is 4.05. The van der Waals surface area contributed by atoms with E-state index in [2.05, 4.69) is 78.5 Å². The highest BCUT2D eigenvalue weighted by Gasteiger charge is 2.34. The molecular formula is C19H25INP. The minimum Gasteiger partial charge on any atom is -0.313 e. The monoisotopic (exact) mass is 425 g/mol. The maximum Gasteiger partial charge on any atom is 0.0650 e. The SMILES string of the molecule is C=C/C=C\c1c(C=C)c(/C=C\C)n(P(I)C2CC(C)C2)c1C. The standard InChI is InChI=1S/C19H25INP/c1-6-9-11-18-15(5)21(19(10-7-2)17(18)8-3)22(20)16-12-14(4)13-16/h6-11,14,16H,1,3,12-13H2,2,4-5H3/b10-7-,11-9-. The number of rotatable bonds is 6. The largest absolute Gasteiger partial charge is 0.313 e. The second-order valence-electron chi connectivity index (χ2n) is 5.93. The van der Waals surface area contributed by atoms with Gasteiger partial charge >= 0.3 is 0 Å². The molecular weight excluding hydrogens is 400 g/mol. The van der Waals surface area contributed by atoms with Crippen molar-refractivity contribution in [2.24, 2.45) is 5.92 Å². The summed E-state index contributed by atoms with van der Waals surface area (Å²) in [4.78, 5) is 0. The molecule has 0 spiro atoms. The first-order chi connectivity index (χ1) is 10.5. The lowest BCUT2D eigenvalue weighted by atomic mass is 9.87. The third-order valence-corrected chi connectivity index (χ3v) is 9.85. The Morgan fingerprint density at radius 2 is 1.91 bits per heavy atom. The van der Waals surface area contributed by atoms with E-state index < -0.39 is 0 Å². The Balaban J connectivity index is 2.55. The van der Waals surface area contributed by atoms with Crippen LogP contribution >= 0.6 is 27.8 Å². The zero-order valence-corrected chi connectivity index (χ0v) is 16.8. The second kappa shape index (κ2) is 7.79. The number of aromatic nitrogens is 1. The van der Waals surface area contributed by atoms with E-state index in [9.17, 15) is 0 Å². The van der Waals surface area contributed by atoms with Gasteiger partial charge in [-0.2, -0.15) is 0 Å². The van der Waals surface area contributed by atoms with E-state index in [1.807, 2.05) is 18.2 Å². The molecule has 0 aromatic carbocycles. The zero-order valence-electron chi connectivity index (χ0n) is 13.7. The van der Waals surface area contributed by atoms with Gasteiger partial charge in [0, 0.05) is 22.5 Å². The third kappa shape index (κ3) is 3.33. The van der Waals surface area contributed by atoms with Gasteiger partial charge in [-0.1, -0.05) is 50.5 Å². The minimum absolute atomic E-state index is 0.218. The van der Waals surface area contributed by atoms with Crippen molar-refractivity contribution in [3.8, 4) is 0 Å². The molecule has 2 rings (SSSR count). The fraction of sp³-hybridized carbons (Fsp3) is 0.368. The highest BCUT2D eigenvalue weighted by atomic mass is 127. The van der Waals surface area contributed by atoms with Gasteiger partial charge < -0.3 is 4.34 Å². The molecule has 0 amide bonds. The summed E-state index contributed by atoms with van der Waals surface area (Å²) in [7, 11) is 0. The average Bonchev–Trinajstić information content (AvgIpc) is 2.73. The van der Waals surface area contributed by atoms with E-state index in [1.54, 1.807) is 0 Å². The quantitative estimate of drug-likeness (QED) is 0.261. The molecule has 118 valence electrons. The van der Waals surface area contributed by atoms with Crippen molar-refractivity contribution in [1.82, 2.24) is 4.34 Å². The van der Waals surface area contributed by atoms with Crippen LogP contribution in [0.4, 0.5) is 0 Å². The molecule has 1 atom stereocenters. The fourth-order valence-corrected chi connectivity index (χ4v) is 8.29.